The van der Waals surface area contributed by atoms with Crippen LogP contribution < -0.4 is 10.6 Å². The van der Waals surface area contributed by atoms with E-state index < -0.39 is 60.6 Å². The van der Waals surface area contributed by atoms with E-state index >= 15 is 0 Å². The number of hydrogen-bond acceptors (Lipinski definition) is 15. The van der Waals surface area contributed by atoms with E-state index in [0.29, 0.717) is 17.0 Å². The van der Waals surface area contributed by atoms with Gasteiger partial charge in [-0.3, -0.25) is 9.09 Å². The van der Waals surface area contributed by atoms with Crippen molar-refractivity contribution in [2.75, 3.05) is 31.3 Å². The van der Waals surface area contributed by atoms with E-state index in [4.69, 9.17) is 19.3 Å². The van der Waals surface area contributed by atoms with Crippen LogP contribution in [0.4, 0.5) is 11.5 Å². The number of aliphatic hydroxyl groups is 1. The molecule has 2 aromatic heterocycles. The monoisotopic (exact) mass is 654 g/mol. The van der Waals surface area contributed by atoms with E-state index in [1.807, 2.05) is 0 Å². The Hall–Kier alpha value is -2.83. The van der Waals surface area contributed by atoms with Crippen molar-refractivity contribution in [2.45, 2.75) is 24.5 Å². The molecule has 6 atom stereocenters. The lowest BCUT2D eigenvalue weighted by Gasteiger charge is -2.22. The fourth-order valence-corrected chi connectivity index (χ4v) is 7.00. The molecule has 4 rings (SSSR count). The molecule has 1 aliphatic rings. The maximum atomic E-state index is 13.1. The zero-order chi connectivity index (χ0) is 30.9. The minimum absolute atomic E-state index is 0.109. The van der Waals surface area contributed by atoms with Gasteiger partial charge in [0.1, 0.15) is 24.1 Å². The van der Waals surface area contributed by atoms with Gasteiger partial charge in [-0.15, -0.1) is 0 Å². The van der Waals surface area contributed by atoms with Crippen LogP contribution in [-0.2, 0) is 36.3 Å². The minimum atomic E-state index is -5.78. The van der Waals surface area contributed by atoms with Gasteiger partial charge in [-0.2, -0.15) is 8.62 Å². The van der Waals surface area contributed by atoms with Gasteiger partial charge in [0.05, 0.1) is 18.5 Å². The maximum absolute atomic E-state index is 13.1. The first-order valence-electron chi connectivity index (χ1n) is 11.6. The lowest BCUT2D eigenvalue weighted by molar-refractivity contribution is -0.0557. The average molecular weight is 654 g/mol. The predicted molar refractivity (Wildman–Crippen MR) is 140 cm³/mol. The maximum Gasteiger partial charge on any atom is 0.490 e. The molecule has 0 amide bonds. The number of nitrogens with one attached hydrogen (secondary N) is 2. The lowest BCUT2D eigenvalue weighted by Crippen LogP contribution is -2.37. The molecule has 0 radical (unpaired) electrons. The normalized spacial score (nSPS) is 23.7. The topological polar surface area (TPSA) is 283 Å². The van der Waals surface area contributed by atoms with Crippen LogP contribution in [0.5, 0.6) is 0 Å². The van der Waals surface area contributed by atoms with Crippen LogP contribution in [-0.4, -0.2) is 89.2 Å². The van der Waals surface area contributed by atoms with Gasteiger partial charge >= 0.3 is 29.4 Å². The molecule has 230 valence electrons. The molecule has 42 heavy (non-hydrogen) atoms. The third-order valence-electron chi connectivity index (χ3n) is 5.66. The van der Waals surface area contributed by atoms with Crippen molar-refractivity contribution >= 4 is 52.1 Å². The van der Waals surface area contributed by atoms with Crippen molar-refractivity contribution in [3.8, 4) is 0 Å². The molecule has 3 heterocycles. The summed E-state index contributed by atoms with van der Waals surface area (Å²) in [6.45, 7) is -1.01. The molecule has 0 aliphatic carbocycles. The minimum Gasteiger partial charge on any atom is -0.451 e. The Kier molecular flexibility index (Phi) is 9.49. The van der Waals surface area contributed by atoms with E-state index in [1.54, 1.807) is 32.3 Å². The fraction of sp³-hybridized carbons (Fsp3) is 0.368. The number of carbonyl (C=O) groups is 1. The van der Waals surface area contributed by atoms with Crippen molar-refractivity contribution in [1.82, 2.24) is 19.5 Å². The Morgan fingerprint density at radius 2 is 1.74 bits per heavy atom. The molecular formula is C19H25N6O14P3. The third-order valence-corrected chi connectivity index (χ3v) is 9.46. The van der Waals surface area contributed by atoms with Gasteiger partial charge in [0.2, 0.25) is 0 Å². The van der Waals surface area contributed by atoms with Crippen molar-refractivity contribution < 1.29 is 65.8 Å². The molecule has 1 fully saturated rings. The summed E-state index contributed by atoms with van der Waals surface area (Å²) in [4.78, 5) is 62.1. The Labute approximate surface area is 236 Å². The average Bonchev–Trinajstić information content (AvgIpc) is 3.46. The number of hydrogen-bond donors (Lipinski definition) is 7. The number of imidazole rings is 1. The summed E-state index contributed by atoms with van der Waals surface area (Å²) < 4.78 is 59.4. The molecule has 2 unspecified atom stereocenters. The molecule has 1 saturated heterocycles. The second-order valence-corrected chi connectivity index (χ2v) is 12.8. The molecule has 23 heteroatoms. The zero-order valence-corrected chi connectivity index (χ0v) is 24.2. The highest BCUT2D eigenvalue weighted by molar-refractivity contribution is 7.66. The number of anilines is 2. The molecule has 7 N–H and O–H groups in total. The van der Waals surface area contributed by atoms with Crippen molar-refractivity contribution in [2.24, 2.45) is 0 Å². The number of para-hydroxylation sites is 1. The van der Waals surface area contributed by atoms with Gasteiger partial charge < -0.3 is 44.8 Å². The molecular weight excluding hydrogens is 629 g/mol. The summed E-state index contributed by atoms with van der Waals surface area (Å²) in [5.74, 6) is -0.529. The van der Waals surface area contributed by atoms with Crippen LogP contribution in [0.25, 0.3) is 11.2 Å². The largest absolute Gasteiger partial charge is 0.490 e. The molecule has 0 bridgehead atoms. The van der Waals surface area contributed by atoms with Crippen molar-refractivity contribution in [3.63, 3.8) is 0 Å². The van der Waals surface area contributed by atoms with Gasteiger partial charge in [-0.05, 0) is 12.1 Å². The Morgan fingerprint density at radius 1 is 1.02 bits per heavy atom. The number of rotatable bonds is 12. The van der Waals surface area contributed by atoms with Gasteiger partial charge in [-0.25, -0.2) is 33.4 Å². The van der Waals surface area contributed by atoms with Crippen LogP contribution in [0.2, 0.25) is 0 Å². The van der Waals surface area contributed by atoms with Crippen molar-refractivity contribution in [1.29, 1.82) is 0 Å². The van der Waals surface area contributed by atoms with Crippen LogP contribution >= 0.6 is 23.5 Å². The second kappa shape index (κ2) is 12.4. The first-order chi connectivity index (χ1) is 19.6. The first-order valence-corrected chi connectivity index (χ1v) is 16.1. The van der Waals surface area contributed by atoms with E-state index in [9.17, 15) is 33.4 Å². The molecule has 3 aromatic rings. The summed E-state index contributed by atoms with van der Waals surface area (Å²) in [6.07, 6.45) is -3.64. The Bertz CT molecular complexity index is 1600. The molecule has 0 saturated carbocycles. The van der Waals surface area contributed by atoms with Gasteiger partial charge in [-0.1, -0.05) is 12.1 Å². The predicted octanol–water partition coefficient (Wildman–Crippen LogP) is 0.737. The van der Waals surface area contributed by atoms with Crippen LogP contribution in [0, 0.1) is 0 Å². The zero-order valence-electron chi connectivity index (χ0n) is 21.5. The first kappa shape index (κ1) is 32.1. The van der Waals surface area contributed by atoms with E-state index in [2.05, 4.69) is 38.7 Å². The van der Waals surface area contributed by atoms with Gasteiger partial charge in [0.15, 0.2) is 23.8 Å². The van der Waals surface area contributed by atoms with Gasteiger partial charge in [0, 0.05) is 19.8 Å². The highest BCUT2D eigenvalue weighted by atomic mass is 31.3. The summed E-state index contributed by atoms with van der Waals surface area (Å²) in [6, 6.07) is 6.34. The van der Waals surface area contributed by atoms with E-state index in [-0.39, 0.29) is 11.2 Å². The highest BCUT2D eigenvalue weighted by Crippen LogP contribution is 2.66. The number of aromatic nitrogens is 4. The third kappa shape index (κ3) is 7.38. The standard InChI is InChI=1S/C19H25N6O14P3/c1-20-11-6-4-3-5-10(11)19(27)37-15-14(26)12(7-35-41(31,32)39-42(33,34)38-40(28,29)30)36-18(15)25-9-24-13-16(21-2)22-8-23-17(13)25/h3-6,8-9,12,14-15,18,20,26H,7H2,1-2H3,(H,31,32)(H,33,34)(H,21,22,23)(H2,28,29,30)/t12-,14-,15-,18-/m1/s1. The summed E-state index contributed by atoms with van der Waals surface area (Å²) in [5, 5.41) is 16.7. The number of aliphatic hydroxyl groups excluding tert-OH is 1. The number of ether oxygens (including phenoxy) is 2. The molecule has 0 spiro atoms. The molecule has 1 aliphatic heterocycles. The summed E-state index contributed by atoms with van der Waals surface area (Å²) >= 11 is 0. The number of carbonyl (C=O) groups excluding carboxylic acids is 1. The smallest absolute Gasteiger partial charge is 0.451 e. The number of benzene rings is 1. The molecule has 1 aromatic carbocycles. The molecule has 20 nitrogen and oxygen atoms in total. The number of esters is 1. The van der Waals surface area contributed by atoms with Gasteiger partial charge in [0.25, 0.3) is 0 Å². The number of phosphoric ester groups is 1. The Morgan fingerprint density at radius 3 is 2.40 bits per heavy atom. The number of phosphoric acid groups is 3. The van der Waals surface area contributed by atoms with Crippen LogP contribution in [0.15, 0.2) is 36.9 Å². The lowest BCUT2D eigenvalue weighted by atomic mass is 10.1. The highest BCUT2D eigenvalue weighted by Gasteiger charge is 2.50. The quantitative estimate of drug-likeness (QED) is 0.105. The van der Waals surface area contributed by atoms with Crippen molar-refractivity contribution in [3.05, 3.63) is 42.5 Å². The SMILES string of the molecule is CNc1ccccc1C(=O)O[C@@H]1[C@H](O)[C@@H](COP(=O)(O)OP(=O)(O)OP(=O)(O)O)O[C@H]1n1cnc2c(NC)ncnc21. The summed E-state index contributed by atoms with van der Waals surface area (Å²) in [7, 11) is -13.8. The van der Waals surface area contributed by atoms with E-state index in [0.717, 1.165) is 0 Å². The Balaban J connectivity index is 1.61. The number of nitrogens with zero attached hydrogens (tertiary/aromatic N) is 4. The summed E-state index contributed by atoms with van der Waals surface area (Å²) in [5.41, 5.74) is 1.01. The van der Waals surface area contributed by atoms with E-state index in [1.165, 1.54) is 23.3 Å². The van der Waals surface area contributed by atoms with Crippen LogP contribution in [0.3, 0.4) is 0 Å². The van der Waals surface area contributed by atoms with Crippen LogP contribution in [0.1, 0.15) is 16.6 Å². The second-order valence-electron chi connectivity index (χ2n) is 8.40. The fourth-order valence-electron chi connectivity index (χ4n) is 3.97. The number of fused-ring (bicyclic) bond motifs is 1.